The highest BCUT2D eigenvalue weighted by atomic mass is 16.5. The number of hydrogen-bond acceptors (Lipinski definition) is 8. The smallest absolute Gasteiger partial charge is 0.292 e. The van der Waals surface area contributed by atoms with Gasteiger partial charge in [0.1, 0.15) is 11.6 Å². The summed E-state index contributed by atoms with van der Waals surface area (Å²) in [5.74, 6) is 1.50. The lowest BCUT2D eigenvalue weighted by Crippen LogP contribution is -2.41. The van der Waals surface area contributed by atoms with E-state index in [1.54, 1.807) is 0 Å². The Labute approximate surface area is 237 Å². The maximum atomic E-state index is 13.9. The molecule has 5 aromatic rings. The van der Waals surface area contributed by atoms with Crippen molar-refractivity contribution in [2.45, 2.75) is 32.9 Å². The predicted octanol–water partition coefficient (Wildman–Crippen LogP) is 4.41. The molecule has 2 aliphatic heterocycles. The van der Waals surface area contributed by atoms with Gasteiger partial charge in [0.05, 0.1) is 36.7 Å². The third kappa shape index (κ3) is 4.44. The van der Waals surface area contributed by atoms with Crippen LogP contribution in [0.25, 0.3) is 22.0 Å². The molecule has 2 aliphatic rings. The lowest BCUT2D eigenvalue weighted by Gasteiger charge is -2.37. The van der Waals surface area contributed by atoms with Gasteiger partial charge in [0.2, 0.25) is 5.82 Å². The highest BCUT2D eigenvalue weighted by Gasteiger charge is 2.31. The highest BCUT2D eigenvalue weighted by molar-refractivity contribution is 5.98. The highest BCUT2D eigenvalue weighted by Crippen LogP contribution is 2.36. The summed E-state index contributed by atoms with van der Waals surface area (Å²) >= 11 is 0. The SMILES string of the molecule is Cc1noc(C)c1-c1ccc2nc(C(=O)N3CCc4c(cnn4C)C3)nc(N3CCOC[C@@H]3c3ccccc3)c2c1. The first-order valence-corrected chi connectivity index (χ1v) is 13.9. The Kier molecular flexibility index (Phi) is 6.27. The van der Waals surface area contributed by atoms with Crippen molar-refractivity contribution in [2.24, 2.45) is 7.05 Å². The number of hydrogen-bond donors (Lipinski definition) is 0. The van der Waals surface area contributed by atoms with E-state index in [4.69, 9.17) is 19.2 Å². The van der Waals surface area contributed by atoms with Crippen LogP contribution >= 0.6 is 0 Å². The molecular weight excluding hydrogens is 518 g/mol. The average molecular weight is 550 g/mol. The Bertz CT molecular complexity index is 1740. The zero-order chi connectivity index (χ0) is 28.1. The number of anilines is 1. The number of nitrogens with zero attached hydrogens (tertiary/aromatic N) is 7. The molecule has 0 unspecified atom stereocenters. The van der Waals surface area contributed by atoms with Gasteiger partial charge in [-0.05, 0) is 37.1 Å². The zero-order valence-electron chi connectivity index (χ0n) is 23.4. The van der Waals surface area contributed by atoms with Crippen molar-refractivity contribution in [2.75, 3.05) is 31.2 Å². The van der Waals surface area contributed by atoms with Crippen molar-refractivity contribution in [3.8, 4) is 11.1 Å². The minimum atomic E-state index is -0.179. The van der Waals surface area contributed by atoms with E-state index in [1.165, 1.54) is 5.69 Å². The van der Waals surface area contributed by atoms with Crippen molar-refractivity contribution in [1.82, 2.24) is 29.8 Å². The third-order valence-electron chi connectivity index (χ3n) is 8.19. The van der Waals surface area contributed by atoms with E-state index in [0.717, 1.165) is 51.3 Å². The Morgan fingerprint density at radius 2 is 1.90 bits per heavy atom. The molecule has 1 atom stereocenters. The molecule has 0 bridgehead atoms. The van der Waals surface area contributed by atoms with Crippen LogP contribution in [0.5, 0.6) is 0 Å². The van der Waals surface area contributed by atoms with Crippen LogP contribution in [0.3, 0.4) is 0 Å². The second kappa shape index (κ2) is 10.1. The first kappa shape index (κ1) is 25.4. The molecule has 10 nitrogen and oxygen atoms in total. The summed E-state index contributed by atoms with van der Waals surface area (Å²) in [6.07, 6.45) is 2.59. The number of ether oxygens (including phenoxy) is 1. The fourth-order valence-electron chi connectivity index (χ4n) is 6.09. The first-order valence-electron chi connectivity index (χ1n) is 13.9. The molecule has 0 spiro atoms. The van der Waals surface area contributed by atoms with Crippen LogP contribution in [0.4, 0.5) is 5.82 Å². The number of benzene rings is 2. The van der Waals surface area contributed by atoms with Gasteiger partial charge in [0.15, 0.2) is 0 Å². The number of amides is 1. The lowest BCUT2D eigenvalue weighted by atomic mass is 10.0. The van der Waals surface area contributed by atoms with E-state index < -0.39 is 0 Å². The van der Waals surface area contributed by atoms with Gasteiger partial charge in [-0.1, -0.05) is 41.6 Å². The second-order valence-corrected chi connectivity index (χ2v) is 10.7. The van der Waals surface area contributed by atoms with Crippen molar-refractivity contribution in [3.05, 3.63) is 88.8 Å². The van der Waals surface area contributed by atoms with Gasteiger partial charge in [-0.2, -0.15) is 5.10 Å². The molecule has 0 N–H and O–H groups in total. The standard InChI is InChI=1S/C31H31N7O3/c1-19-28(20(2)41-35-19)22-9-10-25-24(15-22)30(38-13-14-40-18-27(38)21-7-5-4-6-8-21)34-29(33-25)31(39)37-12-11-26-23(17-37)16-32-36(26)3/h4-10,15-16,27H,11-14,17-18H2,1-3H3/t27-/m1/s1. The summed E-state index contributed by atoms with van der Waals surface area (Å²) in [7, 11) is 1.94. The molecule has 41 heavy (non-hydrogen) atoms. The molecule has 10 heteroatoms. The molecule has 1 fully saturated rings. The van der Waals surface area contributed by atoms with Gasteiger partial charge in [-0.25, -0.2) is 9.97 Å². The quantitative estimate of drug-likeness (QED) is 0.325. The number of carbonyl (C=O) groups excluding carboxylic acids is 1. The summed E-state index contributed by atoms with van der Waals surface area (Å²) in [5, 5.41) is 9.40. The summed E-state index contributed by atoms with van der Waals surface area (Å²) in [5.41, 5.74) is 6.83. The Morgan fingerprint density at radius 3 is 2.71 bits per heavy atom. The van der Waals surface area contributed by atoms with Crippen LogP contribution in [0.15, 0.2) is 59.3 Å². The number of aromatic nitrogens is 5. The van der Waals surface area contributed by atoms with E-state index in [1.807, 2.05) is 67.0 Å². The molecule has 2 aromatic carbocycles. The van der Waals surface area contributed by atoms with Crippen molar-refractivity contribution >= 4 is 22.6 Å². The molecule has 1 amide bonds. The Balaban J connectivity index is 1.36. The molecular formula is C31H31N7O3. The largest absolute Gasteiger partial charge is 0.377 e. The van der Waals surface area contributed by atoms with Gasteiger partial charge < -0.3 is 19.1 Å². The fourth-order valence-corrected chi connectivity index (χ4v) is 6.09. The zero-order valence-corrected chi connectivity index (χ0v) is 23.4. The van der Waals surface area contributed by atoms with Crippen LogP contribution < -0.4 is 4.90 Å². The maximum absolute atomic E-state index is 13.9. The number of carbonyl (C=O) groups is 1. The minimum absolute atomic E-state index is 0.0540. The van der Waals surface area contributed by atoms with E-state index in [-0.39, 0.29) is 17.8 Å². The van der Waals surface area contributed by atoms with Crippen LogP contribution in [0.2, 0.25) is 0 Å². The van der Waals surface area contributed by atoms with Crippen LogP contribution in [-0.2, 0) is 24.8 Å². The third-order valence-corrected chi connectivity index (χ3v) is 8.19. The molecule has 0 radical (unpaired) electrons. The van der Waals surface area contributed by atoms with Gasteiger partial charge in [-0.3, -0.25) is 9.48 Å². The number of morpholine rings is 1. The van der Waals surface area contributed by atoms with Gasteiger partial charge in [-0.15, -0.1) is 0 Å². The minimum Gasteiger partial charge on any atom is -0.377 e. The first-order chi connectivity index (χ1) is 20.0. The van der Waals surface area contributed by atoms with Crippen molar-refractivity contribution < 1.29 is 14.1 Å². The lowest BCUT2D eigenvalue weighted by molar-refractivity contribution is 0.0721. The topological polar surface area (TPSA) is 102 Å². The van der Waals surface area contributed by atoms with Crippen molar-refractivity contribution in [1.29, 1.82) is 0 Å². The van der Waals surface area contributed by atoms with Gasteiger partial charge in [0, 0.05) is 55.3 Å². The average Bonchev–Trinajstić information content (AvgIpc) is 3.56. The van der Waals surface area contributed by atoms with Gasteiger partial charge in [0.25, 0.3) is 5.91 Å². The normalized spacial score (nSPS) is 17.2. The molecule has 3 aromatic heterocycles. The van der Waals surface area contributed by atoms with E-state index in [9.17, 15) is 4.79 Å². The van der Waals surface area contributed by atoms with Gasteiger partial charge >= 0.3 is 0 Å². The number of rotatable bonds is 4. The maximum Gasteiger partial charge on any atom is 0.292 e. The molecule has 208 valence electrons. The number of fused-ring (bicyclic) bond motifs is 2. The Hall–Kier alpha value is -4.57. The van der Waals surface area contributed by atoms with Crippen LogP contribution in [0, 0.1) is 13.8 Å². The summed E-state index contributed by atoms with van der Waals surface area (Å²) in [6, 6.07) is 16.3. The summed E-state index contributed by atoms with van der Waals surface area (Å²) in [6.45, 7) is 6.67. The Morgan fingerprint density at radius 1 is 1.05 bits per heavy atom. The second-order valence-electron chi connectivity index (χ2n) is 10.7. The number of aryl methyl sites for hydroxylation is 3. The summed E-state index contributed by atoms with van der Waals surface area (Å²) < 4.78 is 13.3. The van der Waals surface area contributed by atoms with Crippen LogP contribution in [0.1, 0.15) is 44.9 Å². The molecule has 7 rings (SSSR count). The summed E-state index contributed by atoms with van der Waals surface area (Å²) in [4.78, 5) is 27.8. The van der Waals surface area contributed by atoms with Crippen molar-refractivity contribution in [3.63, 3.8) is 0 Å². The molecule has 1 saturated heterocycles. The van der Waals surface area contributed by atoms with E-state index >= 15 is 0 Å². The van der Waals surface area contributed by atoms with E-state index in [0.29, 0.717) is 38.4 Å². The molecule has 5 heterocycles. The van der Waals surface area contributed by atoms with Crippen LogP contribution in [-0.4, -0.2) is 62.0 Å². The fraction of sp³-hybridized carbons (Fsp3) is 0.323. The van der Waals surface area contributed by atoms with E-state index in [2.05, 4.69) is 33.4 Å². The predicted molar refractivity (Wildman–Crippen MR) is 154 cm³/mol. The monoisotopic (exact) mass is 549 g/mol. The molecule has 0 saturated carbocycles. The molecule has 0 aliphatic carbocycles.